The summed E-state index contributed by atoms with van der Waals surface area (Å²) in [5.41, 5.74) is 1.25. The maximum atomic E-state index is 11.7. The Bertz CT molecular complexity index is 607. The van der Waals surface area contributed by atoms with Gasteiger partial charge >= 0.3 is 5.76 Å². The van der Waals surface area contributed by atoms with Crippen molar-refractivity contribution in [2.45, 2.75) is 32.9 Å². The summed E-state index contributed by atoms with van der Waals surface area (Å²) < 4.78 is 13.5. The number of hydrogen-bond acceptors (Lipinski definition) is 3. The highest BCUT2D eigenvalue weighted by molar-refractivity contribution is 14.1. The number of rotatable bonds is 3. The van der Waals surface area contributed by atoms with E-state index in [0.29, 0.717) is 18.7 Å². The SMILES string of the molecule is CC(C)(C)OCCn1c(=O)oc2cc(I)ccc21. The number of nitrogens with zero attached hydrogens (tertiary/aromatic N) is 1. The van der Waals surface area contributed by atoms with Gasteiger partial charge < -0.3 is 9.15 Å². The molecule has 4 nitrogen and oxygen atoms in total. The van der Waals surface area contributed by atoms with Crippen LogP contribution in [-0.2, 0) is 11.3 Å². The second-order valence-electron chi connectivity index (χ2n) is 5.09. The fourth-order valence-corrected chi connectivity index (χ4v) is 2.16. The lowest BCUT2D eigenvalue weighted by molar-refractivity contribution is -0.00704. The van der Waals surface area contributed by atoms with Gasteiger partial charge in [-0.3, -0.25) is 4.57 Å². The first-order valence-electron chi connectivity index (χ1n) is 5.80. The van der Waals surface area contributed by atoms with E-state index >= 15 is 0 Å². The molecule has 0 aliphatic rings. The predicted molar refractivity (Wildman–Crippen MR) is 78.9 cm³/mol. The summed E-state index contributed by atoms with van der Waals surface area (Å²) in [5.74, 6) is -0.329. The maximum absolute atomic E-state index is 11.7. The topological polar surface area (TPSA) is 44.4 Å². The van der Waals surface area contributed by atoms with Gasteiger partial charge in [0.05, 0.1) is 24.3 Å². The molecule has 2 rings (SSSR count). The number of aromatic nitrogens is 1. The monoisotopic (exact) mass is 361 g/mol. The Hall–Kier alpha value is -0.820. The Labute approximate surface area is 119 Å². The Morgan fingerprint density at radius 2 is 2.11 bits per heavy atom. The second-order valence-corrected chi connectivity index (χ2v) is 6.34. The molecule has 0 aliphatic heterocycles. The summed E-state index contributed by atoms with van der Waals surface area (Å²) in [6, 6.07) is 5.72. The first-order chi connectivity index (χ1) is 8.37. The molecule has 1 aromatic heterocycles. The third-order valence-corrected chi connectivity index (χ3v) is 3.15. The van der Waals surface area contributed by atoms with E-state index in [2.05, 4.69) is 22.6 Å². The highest BCUT2D eigenvalue weighted by Gasteiger charge is 2.12. The lowest BCUT2D eigenvalue weighted by Crippen LogP contribution is -2.24. The van der Waals surface area contributed by atoms with E-state index in [0.717, 1.165) is 9.09 Å². The van der Waals surface area contributed by atoms with Gasteiger partial charge in [0.1, 0.15) is 0 Å². The van der Waals surface area contributed by atoms with Crippen molar-refractivity contribution in [1.82, 2.24) is 4.57 Å². The molecule has 0 N–H and O–H groups in total. The van der Waals surface area contributed by atoms with Gasteiger partial charge in [0.2, 0.25) is 0 Å². The molecule has 0 atom stereocenters. The zero-order valence-electron chi connectivity index (χ0n) is 10.7. The molecule has 0 fully saturated rings. The zero-order chi connectivity index (χ0) is 13.3. The normalized spacial score (nSPS) is 12.2. The Morgan fingerprint density at radius 1 is 1.39 bits per heavy atom. The Morgan fingerprint density at radius 3 is 2.78 bits per heavy atom. The van der Waals surface area contributed by atoms with Crippen molar-refractivity contribution in [1.29, 1.82) is 0 Å². The number of benzene rings is 1. The number of fused-ring (bicyclic) bond motifs is 1. The average molecular weight is 361 g/mol. The summed E-state index contributed by atoms with van der Waals surface area (Å²) in [5, 5.41) is 0. The standard InChI is InChI=1S/C13H16INO3/c1-13(2,3)17-7-6-15-10-5-4-9(14)8-11(10)18-12(15)16/h4-5,8H,6-7H2,1-3H3. The van der Waals surface area contributed by atoms with Gasteiger partial charge in [-0.15, -0.1) is 0 Å². The zero-order valence-corrected chi connectivity index (χ0v) is 12.9. The van der Waals surface area contributed by atoms with Crippen molar-refractivity contribution < 1.29 is 9.15 Å². The van der Waals surface area contributed by atoms with Crippen LogP contribution in [0.1, 0.15) is 20.8 Å². The molecule has 98 valence electrons. The Balaban J connectivity index is 2.23. The molecule has 5 heteroatoms. The minimum Gasteiger partial charge on any atom is -0.408 e. The lowest BCUT2D eigenvalue weighted by Gasteiger charge is -2.19. The molecule has 0 aliphatic carbocycles. The quantitative estimate of drug-likeness (QED) is 0.790. The van der Waals surface area contributed by atoms with Crippen LogP contribution in [-0.4, -0.2) is 16.8 Å². The summed E-state index contributed by atoms with van der Waals surface area (Å²) in [6.45, 7) is 6.97. The van der Waals surface area contributed by atoms with E-state index in [-0.39, 0.29) is 11.4 Å². The molecule has 0 radical (unpaired) electrons. The van der Waals surface area contributed by atoms with Crippen molar-refractivity contribution in [3.8, 4) is 0 Å². The van der Waals surface area contributed by atoms with E-state index in [1.165, 1.54) is 0 Å². The van der Waals surface area contributed by atoms with Crippen LogP contribution in [0.2, 0.25) is 0 Å². The minimum absolute atomic E-state index is 0.196. The fourth-order valence-electron chi connectivity index (χ4n) is 1.70. The summed E-state index contributed by atoms with van der Waals surface area (Å²) in [4.78, 5) is 11.7. The van der Waals surface area contributed by atoms with Crippen LogP contribution in [0.5, 0.6) is 0 Å². The predicted octanol–water partition coefficient (Wildman–Crippen LogP) is 3.01. The molecule has 0 bridgehead atoms. The van der Waals surface area contributed by atoms with Crippen LogP contribution < -0.4 is 5.76 Å². The first-order valence-corrected chi connectivity index (χ1v) is 6.87. The Kier molecular flexibility index (Phi) is 3.82. The van der Waals surface area contributed by atoms with Gasteiger partial charge in [-0.05, 0) is 61.6 Å². The van der Waals surface area contributed by atoms with Crippen LogP contribution >= 0.6 is 22.6 Å². The fraction of sp³-hybridized carbons (Fsp3) is 0.462. The van der Waals surface area contributed by atoms with E-state index in [9.17, 15) is 4.79 Å². The molecule has 18 heavy (non-hydrogen) atoms. The van der Waals surface area contributed by atoms with E-state index in [4.69, 9.17) is 9.15 Å². The molecule has 0 unspecified atom stereocenters. The summed E-state index contributed by atoms with van der Waals surface area (Å²) >= 11 is 2.19. The molecular formula is C13H16INO3. The van der Waals surface area contributed by atoms with Crippen molar-refractivity contribution in [2.24, 2.45) is 0 Å². The van der Waals surface area contributed by atoms with Crippen molar-refractivity contribution >= 4 is 33.7 Å². The van der Waals surface area contributed by atoms with Gasteiger partial charge in [0.15, 0.2) is 5.58 Å². The molecule has 1 heterocycles. The number of oxazole rings is 1. The minimum atomic E-state index is -0.329. The molecule has 0 spiro atoms. The molecule has 2 aromatic rings. The van der Waals surface area contributed by atoms with Gasteiger partial charge in [-0.25, -0.2) is 4.79 Å². The van der Waals surface area contributed by atoms with Crippen LogP contribution in [0.4, 0.5) is 0 Å². The van der Waals surface area contributed by atoms with Gasteiger partial charge in [0.25, 0.3) is 0 Å². The molecular weight excluding hydrogens is 345 g/mol. The van der Waals surface area contributed by atoms with Crippen LogP contribution in [0.3, 0.4) is 0 Å². The molecule has 0 amide bonds. The highest BCUT2D eigenvalue weighted by atomic mass is 127. The first kappa shape index (κ1) is 13.6. The van der Waals surface area contributed by atoms with E-state index < -0.39 is 0 Å². The molecule has 0 saturated carbocycles. The maximum Gasteiger partial charge on any atom is 0.420 e. The number of ether oxygens (including phenoxy) is 1. The van der Waals surface area contributed by atoms with Crippen molar-refractivity contribution in [3.05, 3.63) is 32.3 Å². The molecule has 1 aromatic carbocycles. The van der Waals surface area contributed by atoms with E-state index in [1.807, 2.05) is 39.0 Å². The van der Waals surface area contributed by atoms with Crippen molar-refractivity contribution in [3.63, 3.8) is 0 Å². The van der Waals surface area contributed by atoms with Crippen LogP contribution in [0, 0.1) is 3.57 Å². The van der Waals surface area contributed by atoms with Gasteiger partial charge in [-0.2, -0.15) is 0 Å². The van der Waals surface area contributed by atoms with Gasteiger partial charge in [-0.1, -0.05) is 0 Å². The number of halogens is 1. The average Bonchev–Trinajstić information content (AvgIpc) is 2.52. The second kappa shape index (κ2) is 5.05. The van der Waals surface area contributed by atoms with Crippen LogP contribution in [0.25, 0.3) is 11.1 Å². The van der Waals surface area contributed by atoms with Crippen molar-refractivity contribution in [2.75, 3.05) is 6.61 Å². The largest absolute Gasteiger partial charge is 0.420 e. The van der Waals surface area contributed by atoms with Crippen LogP contribution in [0.15, 0.2) is 27.4 Å². The summed E-state index contributed by atoms with van der Waals surface area (Å²) in [7, 11) is 0. The lowest BCUT2D eigenvalue weighted by atomic mass is 10.2. The molecule has 0 saturated heterocycles. The van der Waals surface area contributed by atoms with Gasteiger partial charge in [0, 0.05) is 3.57 Å². The van der Waals surface area contributed by atoms with E-state index in [1.54, 1.807) is 4.57 Å². The number of hydrogen-bond donors (Lipinski definition) is 0. The highest BCUT2D eigenvalue weighted by Crippen LogP contribution is 2.16. The third-order valence-electron chi connectivity index (χ3n) is 2.48. The third kappa shape index (κ3) is 3.14. The summed E-state index contributed by atoms with van der Waals surface area (Å²) in [6.07, 6.45) is 0. The smallest absolute Gasteiger partial charge is 0.408 e.